The number of fused-ring (bicyclic) bond motifs is 1. The van der Waals surface area contributed by atoms with Gasteiger partial charge in [0.15, 0.2) is 5.75 Å². The van der Waals surface area contributed by atoms with Crippen molar-refractivity contribution < 1.29 is 38.9 Å². The molecule has 0 radical (unpaired) electrons. The minimum atomic E-state index is -5.97. The third-order valence-corrected chi connectivity index (χ3v) is 5.20. The maximum Gasteiger partial charge on any atom is 0.534 e. The number of hydrogen-bond donors (Lipinski definition) is 0. The summed E-state index contributed by atoms with van der Waals surface area (Å²) in [6, 6.07) is 5.43. The first-order valence-electron chi connectivity index (χ1n) is 8.15. The van der Waals surface area contributed by atoms with Gasteiger partial charge in [-0.25, -0.2) is 4.98 Å². The van der Waals surface area contributed by atoms with Gasteiger partial charge in [0.05, 0.1) is 22.9 Å². The smallest absolute Gasteiger partial charge is 0.376 e. The van der Waals surface area contributed by atoms with Crippen LogP contribution in [0.3, 0.4) is 0 Å². The number of anilines is 2. The van der Waals surface area contributed by atoms with E-state index in [2.05, 4.69) is 9.17 Å². The molecule has 3 rings (SSSR count). The summed E-state index contributed by atoms with van der Waals surface area (Å²) < 4.78 is 106. The van der Waals surface area contributed by atoms with E-state index < -0.39 is 33.1 Å². The van der Waals surface area contributed by atoms with Gasteiger partial charge in [-0.3, -0.25) is 0 Å². The highest BCUT2D eigenvalue weighted by Gasteiger charge is 2.49. The van der Waals surface area contributed by atoms with E-state index in [9.17, 15) is 34.8 Å². The molecule has 0 spiro atoms. The number of rotatable bonds is 3. The Labute approximate surface area is 166 Å². The Kier molecular flexibility index (Phi) is 5.10. The summed E-state index contributed by atoms with van der Waals surface area (Å²) in [4.78, 5) is 5.16. The van der Waals surface area contributed by atoms with Crippen molar-refractivity contribution in [2.24, 2.45) is 0 Å². The normalized spacial score (nSPS) is 14.4. The average Bonchev–Trinajstić information content (AvgIpc) is 3.03. The molecule has 160 valence electrons. The van der Waals surface area contributed by atoms with Crippen LogP contribution in [-0.4, -0.2) is 25.5 Å². The van der Waals surface area contributed by atoms with E-state index in [-0.39, 0.29) is 41.3 Å². The fraction of sp³-hybridized carbons (Fsp3) is 0.294. The quantitative estimate of drug-likeness (QED) is 0.395. The fourth-order valence-corrected chi connectivity index (χ4v) is 3.46. The van der Waals surface area contributed by atoms with Crippen LogP contribution in [0.25, 0.3) is 0 Å². The molecular weight excluding hydrogens is 440 g/mol. The Balaban J connectivity index is 2.13. The van der Waals surface area contributed by atoms with Gasteiger partial charge in [-0.15, -0.1) is 0 Å². The molecule has 1 aliphatic rings. The zero-order valence-corrected chi connectivity index (χ0v) is 15.8. The van der Waals surface area contributed by atoms with Crippen LogP contribution >= 0.6 is 0 Å². The van der Waals surface area contributed by atoms with E-state index >= 15 is 0 Å². The van der Waals surface area contributed by atoms with Crippen molar-refractivity contribution in [2.45, 2.75) is 25.0 Å². The van der Waals surface area contributed by atoms with Crippen molar-refractivity contribution in [3.8, 4) is 11.8 Å². The zero-order valence-electron chi connectivity index (χ0n) is 15.0. The van der Waals surface area contributed by atoms with Gasteiger partial charge in [-0.05, 0) is 31.5 Å². The molecule has 30 heavy (non-hydrogen) atoms. The Morgan fingerprint density at radius 2 is 1.83 bits per heavy atom. The number of hydrogen-bond acceptors (Lipinski definition) is 6. The molecule has 1 aromatic heterocycles. The SMILES string of the molecule is Cc1cc(OS(=O)(=O)C(F)(F)F)c2c(n1)N(c1ccc(C#N)cc1C(F)(F)F)CC2. The summed E-state index contributed by atoms with van der Waals surface area (Å²) in [5.41, 5.74) is -7.46. The fourth-order valence-electron chi connectivity index (χ4n) is 2.98. The first-order valence-corrected chi connectivity index (χ1v) is 9.55. The molecular formula is C17H11F6N3O3S. The van der Waals surface area contributed by atoms with E-state index in [1.54, 1.807) is 6.07 Å². The summed E-state index contributed by atoms with van der Waals surface area (Å²) in [5, 5.41) is 8.88. The molecule has 13 heteroatoms. The van der Waals surface area contributed by atoms with Crippen molar-refractivity contribution in [1.82, 2.24) is 4.98 Å². The molecule has 1 aromatic carbocycles. The topological polar surface area (TPSA) is 83.3 Å². The summed E-state index contributed by atoms with van der Waals surface area (Å²) in [6.45, 7) is 1.20. The van der Waals surface area contributed by atoms with Gasteiger partial charge in [0.1, 0.15) is 5.82 Å². The second-order valence-electron chi connectivity index (χ2n) is 6.29. The summed E-state index contributed by atoms with van der Waals surface area (Å²) in [6.07, 6.45) is -4.93. The van der Waals surface area contributed by atoms with Crippen LogP contribution in [0.2, 0.25) is 0 Å². The van der Waals surface area contributed by atoms with Gasteiger partial charge in [0, 0.05) is 23.9 Å². The molecule has 0 saturated carbocycles. The lowest BCUT2D eigenvalue weighted by atomic mass is 10.1. The summed E-state index contributed by atoms with van der Waals surface area (Å²) in [5.74, 6) is -0.808. The molecule has 0 amide bonds. The molecule has 0 bridgehead atoms. The number of nitriles is 1. The molecule has 6 nitrogen and oxygen atoms in total. The summed E-state index contributed by atoms with van der Waals surface area (Å²) in [7, 11) is -5.97. The largest absolute Gasteiger partial charge is 0.534 e. The Hall–Kier alpha value is -3.01. The first kappa shape index (κ1) is 21.7. The van der Waals surface area contributed by atoms with Gasteiger partial charge in [-0.2, -0.15) is 40.0 Å². The van der Waals surface area contributed by atoms with E-state index in [1.807, 2.05) is 0 Å². The highest BCUT2D eigenvalue weighted by Crippen LogP contribution is 2.44. The molecule has 0 saturated heterocycles. The first-order chi connectivity index (χ1) is 13.7. The van der Waals surface area contributed by atoms with E-state index in [4.69, 9.17) is 5.26 Å². The molecule has 0 N–H and O–H groups in total. The van der Waals surface area contributed by atoms with Crippen molar-refractivity contribution in [2.75, 3.05) is 11.4 Å². The maximum absolute atomic E-state index is 13.5. The molecule has 2 heterocycles. The lowest BCUT2D eigenvalue weighted by molar-refractivity contribution is -0.137. The predicted octanol–water partition coefficient (Wildman–Crippen LogP) is 4.20. The van der Waals surface area contributed by atoms with E-state index in [1.165, 1.54) is 6.92 Å². The number of halogens is 6. The van der Waals surface area contributed by atoms with Gasteiger partial charge in [-0.1, -0.05) is 0 Å². The number of alkyl halides is 6. The van der Waals surface area contributed by atoms with Crippen molar-refractivity contribution in [3.63, 3.8) is 0 Å². The van der Waals surface area contributed by atoms with Crippen LogP contribution in [0.15, 0.2) is 24.3 Å². The van der Waals surface area contributed by atoms with Gasteiger partial charge in [0.2, 0.25) is 0 Å². The molecule has 1 aliphatic heterocycles. The van der Waals surface area contributed by atoms with Crippen LogP contribution in [0.4, 0.5) is 37.8 Å². The Morgan fingerprint density at radius 3 is 2.40 bits per heavy atom. The maximum atomic E-state index is 13.5. The summed E-state index contributed by atoms with van der Waals surface area (Å²) >= 11 is 0. The lowest BCUT2D eigenvalue weighted by Gasteiger charge is -2.23. The standard InChI is InChI=1S/C17H11F6N3O3S/c1-9-6-14(29-30(27,28)17(21,22)23)11-4-5-26(15(11)25-9)13-3-2-10(8-24)7-12(13)16(18,19)20/h2-3,6-7H,4-5H2,1H3. The van der Waals surface area contributed by atoms with Crippen LogP contribution in [0, 0.1) is 18.3 Å². The number of nitrogens with zero attached hydrogens (tertiary/aromatic N) is 3. The van der Waals surface area contributed by atoms with Crippen LogP contribution in [-0.2, 0) is 22.7 Å². The third-order valence-electron chi connectivity index (χ3n) is 4.24. The van der Waals surface area contributed by atoms with Crippen molar-refractivity contribution in [1.29, 1.82) is 5.26 Å². The highest BCUT2D eigenvalue weighted by molar-refractivity contribution is 7.88. The zero-order chi connectivity index (χ0) is 22.5. The third kappa shape index (κ3) is 3.87. The van der Waals surface area contributed by atoms with E-state index in [0.29, 0.717) is 6.07 Å². The lowest BCUT2D eigenvalue weighted by Crippen LogP contribution is -2.28. The number of pyridine rings is 1. The minimum Gasteiger partial charge on any atom is -0.376 e. The molecule has 0 unspecified atom stereocenters. The van der Waals surface area contributed by atoms with Crippen LogP contribution in [0.1, 0.15) is 22.4 Å². The second kappa shape index (κ2) is 7.05. The second-order valence-corrected chi connectivity index (χ2v) is 7.83. The monoisotopic (exact) mass is 451 g/mol. The number of benzene rings is 1. The molecule has 0 fully saturated rings. The van der Waals surface area contributed by atoms with Crippen LogP contribution < -0.4 is 9.08 Å². The molecule has 0 atom stereocenters. The van der Waals surface area contributed by atoms with Crippen molar-refractivity contribution >= 4 is 21.6 Å². The average molecular weight is 451 g/mol. The van der Waals surface area contributed by atoms with Crippen LogP contribution in [0.5, 0.6) is 5.75 Å². The predicted molar refractivity (Wildman–Crippen MR) is 91.4 cm³/mol. The van der Waals surface area contributed by atoms with E-state index in [0.717, 1.165) is 23.1 Å². The molecule has 0 aliphatic carbocycles. The Morgan fingerprint density at radius 1 is 1.17 bits per heavy atom. The molecule has 2 aromatic rings. The van der Waals surface area contributed by atoms with Crippen molar-refractivity contribution in [3.05, 3.63) is 46.6 Å². The van der Waals surface area contributed by atoms with Gasteiger partial charge < -0.3 is 9.08 Å². The van der Waals surface area contributed by atoms with Gasteiger partial charge in [0.25, 0.3) is 0 Å². The number of aromatic nitrogens is 1. The highest BCUT2D eigenvalue weighted by atomic mass is 32.2. The minimum absolute atomic E-state index is 0.0372. The number of aryl methyl sites for hydroxylation is 1. The van der Waals surface area contributed by atoms with Gasteiger partial charge >= 0.3 is 21.8 Å². The Bertz CT molecular complexity index is 1150.